The van der Waals surface area contributed by atoms with Crippen molar-refractivity contribution >= 4 is 34.7 Å². The van der Waals surface area contributed by atoms with Gasteiger partial charge in [0.05, 0.1) is 11.7 Å². The predicted octanol–water partition coefficient (Wildman–Crippen LogP) is 3.44. The van der Waals surface area contributed by atoms with E-state index >= 15 is 0 Å². The number of ether oxygens (including phenoxy) is 1. The van der Waals surface area contributed by atoms with Gasteiger partial charge < -0.3 is 15.4 Å². The highest BCUT2D eigenvalue weighted by Crippen LogP contribution is 2.34. The number of hydrogen-bond acceptors (Lipinski definition) is 4. The highest BCUT2D eigenvalue weighted by Gasteiger charge is 2.32. The fraction of sp³-hybridized carbons (Fsp3) is 0.562. The smallest absolute Gasteiger partial charge is 0.107 e. The summed E-state index contributed by atoms with van der Waals surface area (Å²) in [5.74, 6) is 1.00. The molecule has 21 heavy (non-hydrogen) atoms. The van der Waals surface area contributed by atoms with E-state index in [1.54, 1.807) is 11.8 Å². The zero-order valence-corrected chi connectivity index (χ0v) is 14.8. The lowest BCUT2D eigenvalue weighted by molar-refractivity contribution is -0.0749. The maximum absolute atomic E-state index is 6.01. The van der Waals surface area contributed by atoms with E-state index in [1.165, 1.54) is 4.90 Å². The first-order valence-corrected chi connectivity index (χ1v) is 8.72. The average molecular weight is 325 g/mol. The maximum atomic E-state index is 6.01. The van der Waals surface area contributed by atoms with E-state index in [4.69, 9.17) is 22.7 Å². The molecule has 5 heteroatoms. The third-order valence-corrected chi connectivity index (χ3v) is 4.60. The van der Waals surface area contributed by atoms with Gasteiger partial charge in [-0.15, -0.1) is 11.8 Å². The van der Waals surface area contributed by atoms with Crippen LogP contribution in [0.5, 0.6) is 0 Å². The Hall–Kier alpha value is -0.780. The highest BCUT2D eigenvalue weighted by atomic mass is 32.2. The molecule has 0 saturated carbocycles. The number of thioether (sulfide) groups is 1. The van der Waals surface area contributed by atoms with Crippen molar-refractivity contribution in [2.24, 2.45) is 5.73 Å². The van der Waals surface area contributed by atoms with Crippen LogP contribution in [-0.4, -0.2) is 35.5 Å². The maximum Gasteiger partial charge on any atom is 0.107 e. The Bertz CT molecular complexity index is 531. The van der Waals surface area contributed by atoms with E-state index < -0.39 is 0 Å². The minimum atomic E-state index is -0.168. The number of nitrogens with zero attached hydrogens (tertiary/aromatic N) is 1. The SMILES string of the molecule is CCSc1cccc(N2CC(C)OC(C)(C)C2)c1C(N)=S. The van der Waals surface area contributed by atoms with Gasteiger partial charge >= 0.3 is 0 Å². The quantitative estimate of drug-likeness (QED) is 0.678. The summed E-state index contributed by atoms with van der Waals surface area (Å²) in [6, 6.07) is 6.30. The second-order valence-corrected chi connectivity index (χ2v) is 7.76. The standard InChI is InChI=1S/C16H24N2OS2/c1-5-21-13-8-6-7-12(14(13)15(17)20)18-9-11(2)19-16(3,4)10-18/h6-8,11H,5,9-10H2,1-4H3,(H2,17,20). The lowest BCUT2D eigenvalue weighted by Gasteiger charge is -2.43. The fourth-order valence-corrected chi connectivity index (χ4v) is 4.07. The first kappa shape index (κ1) is 16.6. The molecule has 0 bridgehead atoms. The molecule has 1 aromatic carbocycles. The number of anilines is 1. The number of hydrogen-bond donors (Lipinski definition) is 1. The van der Waals surface area contributed by atoms with Crippen molar-refractivity contribution in [3.8, 4) is 0 Å². The highest BCUT2D eigenvalue weighted by molar-refractivity contribution is 7.99. The number of rotatable bonds is 4. The molecule has 1 heterocycles. The monoisotopic (exact) mass is 324 g/mol. The van der Waals surface area contributed by atoms with Crippen LogP contribution in [0, 0.1) is 0 Å². The van der Waals surface area contributed by atoms with E-state index in [0.29, 0.717) is 4.99 Å². The van der Waals surface area contributed by atoms with Gasteiger partial charge in [0.2, 0.25) is 0 Å². The summed E-state index contributed by atoms with van der Waals surface area (Å²) in [5.41, 5.74) is 7.98. The molecule has 1 unspecified atom stereocenters. The molecule has 2 N–H and O–H groups in total. The largest absolute Gasteiger partial charge is 0.389 e. The average Bonchev–Trinajstić information content (AvgIpc) is 2.36. The van der Waals surface area contributed by atoms with Crippen LogP contribution in [0.25, 0.3) is 0 Å². The summed E-state index contributed by atoms with van der Waals surface area (Å²) in [6.45, 7) is 10.2. The van der Waals surface area contributed by atoms with Crippen molar-refractivity contribution in [2.75, 3.05) is 23.7 Å². The number of benzene rings is 1. The molecule has 0 aliphatic carbocycles. The van der Waals surface area contributed by atoms with E-state index in [9.17, 15) is 0 Å². The van der Waals surface area contributed by atoms with Crippen LogP contribution in [0.4, 0.5) is 5.69 Å². The third-order valence-electron chi connectivity index (χ3n) is 3.46. The predicted molar refractivity (Wildman–Crippen MR) is 95.6 cm³/mol. The zero-order valence-electron chi connectivity index (χ0n) is 13.2. The Morgan fingerprint density at radius 3 is 2.81 bits per heavy atom. The number of nitrogens with two attached hydrogens (primary N) is 1. The van der Waals surface area contributed by atoms with Gasteiger partial charge in [-0.3, -0.25) is 0 Å². The van der Waals surface area contributed by atoms with E-state index in [0.717, 1.165) is 30.1 Å². The lowest BCUT2D eigenvalue weighted by atomic mass is 10.0. The van der Waals surface area contributed by atoms with E-state index in [2.05, 4.69) is 50.8 Å². The van der Waals surface area contributed by atoms with Crippen LogP contribution in [0.1, 0.15) is 33.3 Å². The molecule has 3 nitrogen and oxygen atoms in total. The van der Waals surface area contributed by atoms with Crippen LogP contribution >= 0.6 is 24.0 Å². The molecule has 0 radical (unpaired) electrons. The lowest BCUT2D eigenvalue weighted by Crippen LogP contribution is -2.52. The fourth-order valence-electron chi connectivity index (χ4n) is 2.94. The minimum absolute atomic E-state index is 0.168. The van der Waals surface area contributed by atoms with Gasteiger partial charge in [0.1, 0.15) is 4.99 Å². The third kappa shape index (κ3) is 3.90. The Morgan fingerprint density at radius 2 is 2.24 bits per heavy atom. The van der Waals surface area contributed by atoms with Gasteiger partial charge in [0.15, 0.2) is 0 Å². The van der Waals surface area contributed by atoms with Gasteiger partial charge in [0.25, 0.3) is 0 Å². The Balaban J connectivity index is 2.43. The van der Waals surface area contributed by atoms with Gasteiger partial charge in [-0.05, 0) is 38.7 Å². The van der Waals surface area contributed by atoms with Crippen LogP contribution in [0.15, 0.2) is 23.1 Å². The molecule has 1 aromatic rings. The van der Waals surface area contributed by atoms with Crippen molar-refractivity contribution in [1.82, 2.24) is 0 Å². The topological polar surface area (TPSA) is 38.5 Å². The summed E-state index contributed by atoms with van der Waals surface area (Å²) in [6.07, 6.45) is 0.190. The van der Waals surface area contributed by atoms with Crippen molar-refractivity contribution < 1.29 is 4.74 Å². The van der Waals surface area contributed by atoms with Crippen molar-refractivity contribution in [2.45, 2.75) is 44.3 Å². The van der Waals surface area contributed by atoms with Gasteiger partial charge in [-0.1, -0.05) is 25.2 Å². The zero-order chi connectivity index (χ0) is 15.6. The van der Waals surface area contributed by atoms with Crippen molar-refractivity contribution in [1.29, 1.82) is 0 Å². The summed E-state index contributed by atoms with van der Waals surface area (Å²) < 4.78 is 5.99. The van der Waals surface area contributed by atoms with Crippen LogP contribution in [-0.2, 0) is 4.74 Å². The first-order valence-electron chi connectivity index (χ1n) is 7.32. The summed E-state index contributed by atoms with van der Waals surface area (Å²) in [5, 5.41) is 0. The van der Waals surface area contributed by atoms with Gasteiger partial charge in [0, 0.05) is 29.2 Å². The van der Waals surface area contributed by atoms with Gasteiger partial charge in [-0.25, -0.2) is 0 Å². The molecule has 1 aliphatic rings. The molecule has 0 aromatic heterocycles. The summed E-state index contributed by atoms with van der Waals surface area (Å²) in [4.78, 5) is 3.99. The Labute approximate surface area is 137 Å². The molecule has 1 aliphatic heterocycles. The molecular weight excluding hydrogens is 300 g/mol. The van der Waals surface area contributed by atoms with Crippen LogP contribution in [0.2, 0.25) is 0 Å². The number of thiocarbonyl (C=S) groups is 1. The molecule has 116 valence electrons. The molecule has 2 rings (SSSR count). The van der Waals surface area contributed by atoms with Crippen molar-refractivity contribution in [3.05, 3.63) is 23.8 Å². The Morgan fingerprint density at radius 1 is 1.52 bits per heavy atom. The van der Waals surface area contributed by atoms with Gasteiger partial charge in [-0.2, -0.15) is 0 Å². The van der Waals surface area contributed by atoms with Crippen molar-refractivity contribution in [3.63, 3.8) is 0 Å². The van der Waals surface area contributed by atoms with Crippen LogP contribution in [0.3, 0.4) is 0 Å². The molecule has 1 atom stereocenters. The first-order chi connectivity index (χ1) is 9.84. The second kappa shape index (κ2) is 6.55. The van der Waals surface area contributed by atoms with E-state index in [-0.39, 0.29) is 11.7 Å². The second-order valence-electron chi connectivity index (χ2n) is 6.02. The summed E-state index contributed by atoms with van der Waals surface area (Å²) >= 11 is 7.10. The molecule has 0 spiro atoms. The molecule has 1 saturated heterocycles. The van der Waals surface area contributed by atoms with E-state index in [1.807, 2.05) is 0 Å². The normalized spacial score (nSPS) is 21.3. The van der Waals surface area contributed by atoms with Crippen LogP contribution < -0.4 is 10.6 Å². The molecule has 1 fully saturated rings. The molecular formula is C16H24N2OS2. The Kier molecular flexibility index (Phi) is 5.17. The number of morpholine rings is 1. The minimum Gasteiger partial charge on any atom is -0.389 e. The molecule has 0 amide bonds. The summed E-state index contributed by atoms with van der Waals surface area (Å²) in [7, 11) is 0.